The molecule has 0 amide bonds. The van der Waals surface area contributed by atoms with E-state index in [9.17, 15) is 9.50 Å². The zero-order valence-corrected chi connectivity index (χ0v) is 21.3. The van der Waals surface area contributed by atoms with E-state index >= 15 is 0 Å². The molecule has 4 aromatic rings. The van der Waals surface area contributed by atoms with Gasteiger partial charge in [-0.25, -0.2) is 14.4 Å². The van der Waals surface area contributed by atoms with Gasteiger partial charge in [-0.2, -0.15) is 4.98 Å². The van der Waals surface area contributed by atoms with Crippen molar-refractivity contribution in [3.63, 3.8) is 0 Å². The summed E-state index contributed by atoms with van der Waals surface area (Å²) in [7, 11) is 2.16. The number of anilines is 2. The summed E-state index contributed by atoms with van der Waals surface area (Å²) in [5, 5.41) is 14.8. The van der Waals surface area contributed by atoms with Crippen LogP contribution in [0.3, 0.4) is 0 Å². The second-order valence-electron chi connectivity index (χ2n) is 10.9. The van der Waals surface area contributed by atoms with Crippen LogP contribution in [-0.4, -0.2) is 43.1 Å². The predicted octanol–water partition coefficient (Wildman–Crippen LogP) is 5.11. The highest BCUT2D eigenvalue weighted by molar-refractivity contribution is 5.79. The Balaban J connectivity index is 1.27. The number of likely N-dealkylation sites (N-methyl/N-ethyl adjacent to an activating group) is 1. The number of aryl methyl sites for hydroxylation is 1. The normalized spacial score (nSPS) is 21.3. The average molecular weight is 499 g/mol. The Morgan fingerprint density at radius 3 is 2.84 bits per heavy atom. The Kier molecular flexibility index (Phi) is 5.13. The van der Waals surface area contributed by atoms with E-state index in [0.717, 1.165) is 37.2 Å². The molecule has 1 aromatic carbocycles. The number of fused-ring (bicyclic) bond motifs is 3. The summed E-state index contributed by atoms with van der Waals surface area (Å²) in [5.74, 6) is 1.21. The number of nitrogens with one attached hydrogen (secondary N) is 1. The molecule has 3 aliphatic rings. The SMILES string of the molecule is CCC1(O)CCc2ccc(-n3cc(F)c4cnc(Nc5cc6c(c(C7CC7)c5)CCN(C)C6)nc43)nc21. The quantitative estimate of drug-likeness (QED) is 0.398. The molecule has 2 aliphatic carbocycles. The first-order valence-electron chi connectivity index (χ1n) is 13.3. The molecule has 3 aromatic heterocycles. The van der Waals surface area contributed by atoms with E-state index in [1.807, 2.05) is 19.1 Å². The lowest BCUT2D eigenvalue weighted by Crippen LogP contribution is -2.27. The molecule has 37 heavy (non-hydrogen) atoms. The van der Waals surface area contributed by atoms with Gasteiger partial charge in [-0.05, 0) is 91.9 Å². The van der Waals surface area contributed by atoms with E-state index in [2.05, 4.69) is 34.4 Å². The molecule has 0 spiro atoms. The molecule has 7 nitrogen and oxygen atoms in total. The number of aromatic nitrogens is 4. The molecule has 8 heteroatoms. The highest BCUT2D eigenvalue weighted by atomic mass is 19.1. The Hall–Kier alpha value is -3.36. The molecule has 0 bridgehead atoms. The van der Waals surface area contributed by atoms with Crippen LogP contribution in [0.4, 0.5) is 16.0 Å². The van der Waals surface area contributed by atoms with Crippen LogP contribution in [-0.2, 0) is 25.0 Å². The van der Waals surface area contributed by atoms with Gasteiger partial charge in [-0.1, -0.05) is 13.0 Å². The van der Waals surface area contributed by atoms with Crippen LogP contribution in [0.15, 0.2) is 36.7 Å². The highest BCUT2D eigenvalue weighted by Crippen LogP contribution is 2.45. The molecule has 1 fully saturated rings. The van der Waals surface area contributed by atoms with E-state index < -0.39 is 11.4 Å². The third-order valence-corrected chi connectivity index (χ3v) is 8.38. The standard InChI is InChI=1S/C29H31FN6O/c1-3-29(37)10-8-18-6-7-25(33-26(18)29)36-16-24(30)23-14-31-28(34-27(23)36)32-20-12-19-15-35(2)11-9-21(19)22(13-20)17-4-5-17/h6-7,12-14,16-17,37H,3-5,8-11,15H2,1-2H3,(H,31,32,34). The zero-order chi connectivity index (χ0) is 25.3. The molecule has 0 radical (unpaired) electrons. The fraction of sp³-hybridized carbons (Fsp3) is 0.414. The van der Waals surface area contributed by atoms with Crippen molar-refractivity contribution in [2.24, 2.45) is 0 Å². The van der Waals surface area contributed by atoms with Crippen molar-refractivity contribution in [3.8, 4) is 5.82 Å². The van der Waals surface area contributed by atoms with Gasteiger partial charge in [0.1, 0.15) is 11.4 Å². The topological polar surface area (TPSA) is 79.1 Å². The van der Waals surface area contributed by atoms with Crippen molar-refractivity contribution < 1.29 is 9.50 Å². The van der Waals surface area contributed by atoms with E-state index in [1.165, 1.54) is 41.9 Å². The van der Waals surface area contributed by atoms with Gasteiger partial charge in [0, 0.05) is 31.2 Å². The maximum atomic E-state index is 14.9. The molecule has 7 rings (SSSR count). The van der Waals surface area contributed by atoms with Crippen LogP contribution < -0.4 is 5.32 Å². The zero-order valence-electron chi connectivity index (χ0n) is 21.3. The minimum Gasteiger partial charge on any atom is -0.384 e. The molecule has 1 aliphatic heterocycles. The molecule has 1 unspecified atom stereocenters. The lowest BCUT2D eigenvalue weighted by atomic mass is 9.91. The average Bonchev–Trinajstić information content (AvgIpc) is 3.63. The van der Waals surface area contributed by atoms with Crippen LogP contribution in [0.25, 0.3) is 16.9 Å². The first-order valence-corrected chi connectivity index (χ1v) is 13.3. The van der Waals surface area contributed by atoms with Crippen LogP contribution in [0.1, 0.15) is 66.5 Å². The van der Waals surface area contributed by atoms with E-state index in [1.54, 1.807) is 4.57 Å². The number of rotatable bonds is 5. The van der Waals surface area contributed by atoms with Crippen molar-refractivity contribution in [1.82, 2.24) is 24.4 Å². The minimum absolute atomic E-state index is 0.337. The van der Waals surface area contributed by atoms with Gasteiger partial charge in [0.2, 0.25) is 5.95 Å². The number of pyridine rings is 1. The number of halogens is 1. The van der Waals surface area contributed by atoms with Gasteiger partial charge in [-0.3, -0.25) is 4.57 Å². The summed E-state index contributed by atoms with van der Waals surface area (Å²) in [4.78, 5) is 16.3. The van der Waals surface area contributed by atoms with Crippen LogP contribution >= 0.6 is 0 Å². The first-order chi connectivity index (χ1) is 17.9. The summed E-state index contributed by atoms with van der Waals surface area (Å²) in [6, 6.07) is 8.31. The second-order valence-corrected chi connectivity index (χ2v) is 10.9. The number of aliphatic hydroxyl groups is 1. The van der Waals surface area contributed by atoms with Gasteiger partial charge in [0.05, 0.1) is 11.1 Å². The maximum Gasteiger partial charge on any atom is 0.229 e. The fourth-order valence-electron chi connectivity index (χ4n) is 6.06. The Morgan fingerprint density at radius 2 is 2.03 bits per heavy atom. The van der Waals surface area contributed by atoms with Crippen LogP contribution in [0, 0.1) is 5.82 Å². The molecule has 1 atom stereocenters. The van der Waals surface area contributed by atoms with E-state index in [0.29, 0.717) is 47.3 Å². The van der Waals surface area contributed by atoms with Crippen molar-refractivity contribution >= 4 is 22.7 Å². The number of benzene rings is 1. The summed E-state index contributed by atoms with van der Waals surface area (Å²) in [5.41, 5.74) is 6.54. The van der Waals surface area contributed by atoms with Crippen molar-refractivity contribution in [1.29, 1.82) is 0 Å². The summed E-state index contributed by atoms with van der Waals surface area (Å²) in [6.45, 7) is 3.99. The molecular formula is C29H31FN6O. The number of hydrogen-bond acceptors (Lipinski definition) is 6. The molecule has 0 saturated heterocycles. The Bertz CT molecular complexity index is 1540. The Morgan fingerprint density at radius 1 is 1.16 bits per heavy atom. The summed E-state index contributed by atoms with van der Waals surface area (Å²) >= 11 is 0. The minimum atomic E-state index is -0.936. The smallest absolute Gasteiger partial charge is 0.229 e. The molecule has 4 heterocycles. The predicted molar refractivity (Wildman–Crippen MR) is 141 cm³/mol. The highest BCUT2D eigenvalue weighted by Gasteiger charge is 2.37. The fourth-order valence-corrected chi connectivity index (χ4v) is 6.06. The van der Waals surface area contributed by atoms with Gasteiger partial charge < -0.3 is 15.3 Å². The van der Waals surface area contributed by atoms with Gasteiger partial charge in [-0.15, -0.1) is 0 Å². The monoisotopic (exact) mass is 498 g/mol. The maximum absolute atomic E-state index is 14.9. The number of nitrogens with zero attached hydrogens (tertiary/aromatic N) is 5. The van der Waals surface area contributed by atoms with Crippen LogP contribution in [0.5, 0.6) is 0 Å². The first kappa shape index (κ1) is 22.8. The van der Waals surface area contributed by atoms with Gasteiger partial charge in [0.15, 0.2) is 11.5 Å². The van der Waals surface area contributed by atoms with Gasteiger partial charge >= 0.3 is 0 Å². The lowest BCUT2D eigenvalue weighted by Gasteiger charge is -2.28. The van der Waals surface area contributed by atoms with Gasteiger partial charge in [0.25, 0.3) is 0 Å². The van der Waals surface area contributed by atoms with Crippen LogP contribution in [0.2, 0.25) is 0 Å². The Labute approximate surface area is 215 Å². The third kappa shape index (κ3) is 3.81. The van der Waals surface area contributed by atoms with E-state index in [-0.39, 0.29) is 0 Å². The summed E-state index contributed by atoms with van der Waals surface area (Å²) in [6.07, 6.45) is 8.57. The van der Waals surface area contributed by atoms with Crippen molar-refractivity contribution in [2.45, 2.75) is 63.5 Å². The lowest BCUT2D eigenvalue weighted by molar-refractivity contribution is 0.0306. The second kappa shape index (κ2) is 8.33. The number of hydrogen-bond donors (Lipinski definition) is 2. The van der Waals surface area contributed by atoms with Crippen molar-refractivity contribution in [2.75, 3.05) is 18.9 Å². The van der Waals surface area contributed by atoms with E-state index in [4.69, 9.17) is 9.97 Å². The molecular weight excluding hydrogens is 467 g/mol. The largest absolute Gasteiger partial charge is 0.384 e. The molecule has 190 valence electrons. The third-order valence-electron chi connectivity index (χ3n) is 8.38. The van der Waals surface area contributed by atoms with Crippen molar-refractivity contribution in [3.05, 3.63) is 70.4 Å². The summed E-state index contributed by atoms with van der Waals surface area (Å²) < 4.78 is 16.6. The molecule has 2 N–H and O–H groups in total. The molecule has 1 saturated carbocycles.